The Balaban J connectivity index is 2.54. The number of para-hydroxylation sites is 1. The molecule has 0 saturated heterocycles. The Morgan fingerprint density at radius 2 is 2.08 bits per heavy atom. The predicted molar refractivity (Wildman–Crippen MR) is 42.3 cm³/mol. The Morgan fingerprint density at radius 1 is 1.42 bits per heavy atom. The number of benzene rings is 1. The maximum atomic E-state index is 10.8. The Kier molecular flexibility index (Phi) is 2.86. The highest BCUT2D eigenvalue weighted by Crippen LogP contribution is 2.08. The van der Waals surface area contributed by atoms with Crippen LogP contribution in [0.15, 0.2) is 30.3 Å². The van der Waals surface area contributed by atoms with Gasteiger partial charge >= 0.3 is 5.97 Å². The normalized spacial score (nSPS) is 8.58. The van der Waals surface area contributed by atoms with Crippen molar-refractivity contribution in [3.8, 4) is 11.8 Å². The number of carbonyl (C=O) groups excluding carboxylic acids is 1. The van der Waals surface area contributed by atoms with Crippen molar-refractivity contribution >= 4 is 5.97 Å². The van der Waals surface area contributed by atoms with Crippen LogP contribution in [0.5, 0.6) is 5.75 Å². The Bertz CT molecular complexity index is 300. The van der Waals surface area contributed by atoms with Gasteiger partial charge in [-0.3, -0.25) is 4.79 Å². The minimum atomic E-state index is -0.524. The van der Waals surface area contributed by atoms with E-state index in [1.165, 1.54) is 0 Å². The molecule has 0 amide bonds. The average molecular weight is 161 g/mol. The average Bonchev–Trinajstić information content (AvgIpc) is 2.06. The highest BCUT2D eigenvalue weighted by molar-refractivity contribution is 5.74. The van der Waals surface area contributed by atoms with Gasteiger partial charge in [0.2, 0.25) is 0 Å². The first kappa shape index (κ1) is 8.28. The number of hydrogen-bond donors (Lipinski definition) is 0. The number of ether oxygens (including phenoxy) is 1. The molecule has 60 valence electrons. The van der Waals surface area contributed by atoms with Crippen molar-refractivity contribution in [2.75, 3.05) is 0 Å². The Labute approximate surface area is 70.2 Å². The summed E-state index contributed by atoms with van der Waals surface area (Å²) >= 11 is 0. The van der Waals surface area contributed by atoms with Gasteiger partial charge in [0, 0.05) is 0 Å². The molecule has 1 aromatic carbocycles. The van der Waals surface area contributed by atoms with Crippen LogP contribution < -0.4 is 4.74 Å². The van der Waals surface area contributed by atoms with Crippen molar-refractivity contribution in [3.05, 3.63) is 30.3 Å². The van der Waals surface area contributed by atoms with Crippen molar-refractivity contribution in [2.24, 2.45) is 0 Å². The van der Waals surface area contributed by atoms with Gasteiger partial charge in [0.25, 0.3) is 0 Å². The molecule has 0 N–H and O–H groups in total. The number of nitrogens with zero attached hydrogens (tertiary/aromatic N) is 1. The van der Waals surface area contributed by atoms with Crippen LogP contribution >= 0.6 is 0 Å². The lowest BCUT2D eigenvalue weighted by molar-refractivity contribution is -0.133. The molecule has 1 aromatic rings. The summed E-state index contributed by atoms with van der Waals surface area (Å²) in [4.78, 5) is 10.8. The zero-order valence-electron chi connectivity index (χ0n) is 6.36. The van der Waals surface area contributed by atoms with E-state index in [1.54, 1.807) is 30.3 Å². The van der Waals surface area contributed by atoms with Gasteiger partial charge in [0.05, 0.1) is 6.07 Å². The first-order valence-corrected chi connectivity index (χ1v) is 3.45. The van der Waals surface area contributed by atoms with Gasteiger partial charge in [-0.15, -0.1) is 0 Å². The first-order valence-electron chi connectivity index (χ1n) is 3.45. The van der Waals surface area contributed by atoms with E-state index < -0.39 is 5.97 Å². The molecule has 0 saturated carbocycles. The van der Waals surface area contributed by atoms with Crippen LogP contribution in [0.3, 0.4) is 0 Å². The van der Waals surface area contributed by atoms with Gasteiger partial charge in [-0.05, 0) is 12.1 Å². The Morgan fingerprint density at radius 3 is 2.67 bits per heavy atom. The maximum absolute atomic E-state index is 10.8. The predicted octanol–water partition coefficient (Wildman–Crippen LogP) is 1.51. The van der Waals surface area contributed by atoms with Crippen LogP contribution in [0, 0.1) is 11.3 Å². The minimum Gasteiger partial charge on any atom is -0.426 e. The van der Waals surface area contributed by atoms with Crippen LogP contribution in [0.2, 0.25) is 0 Å². The maximum Gasteiger partial charge on any atom is 0.325 e. The molecule has 0 heterocycles. The second-order valence-corrected chi connectivity index (χ2v) is 2.12. The second-order valence-electron chi connectivity index (χ2n) is 2.12. The van der Waals surface area contributed by atoms with Crippen molar-refractivity contribution in [2.45, 2.75) is 6.42 Å². The third-order valence-corrected chi connectivity index (χ3v) is 1.20. The van der Waals surface area contributed by atoms with Gasteiger partial charge in [0.15, 0.2) is 0 Å². The molecule has 0 aliphatic heterocycles. The van der Waals surface area contributed by atoms with Crippen molar-refractivity contribution in [1.82, 2.24) is 0 Å². The van der Waals surface area contributed by atoms with Crippen molar-refractivity contribution < 1.29 is 9.53 Å². The molecule has 0 atom stereocenters. The number of rotatable bonds is 2. The fourth-order valence-electron chi connectivity index (χ4n) is 0.721. The van der Waals surface area contributed by atoms with E-state index in [2.05, 4.69) is 0 Å². The molecular weight excluding hydrogens is 154 g/mol. The fourth-order valence-corrected chi connectivity index (χ4v) is 0.721. The lowest BCUT2D eigenvalue weighted by Gasteiger charge is -1.99. The second kappa shape index (κ2) is 4.14. The van der Waals surface area contributed by atoms with Crippen molar-refractivity contribution in [3.63, 3.8) is 0 Å². The van der Waals surface area contributed by atoms with E-state index >= 15 is 0 Å². The Hall–Kier alpha value is -1.82. The molecule has 3 nitrogen and oxygen atoms in total. The highest BCUT2D eigenvalue weighted by atomic mass is 16.5. The number of esters is 1. The molecule has 12 heavy (non-hydrogen) atoms. The van der Waals surface area contributed by atoms with Gasteiger partial charge in [-0.2, -0.15) is 5.26 Å². The summed E-state index contributed by atoms with van der Waals surface area (Å²) in [6.45, 7) is 0. The summed E-state index contributed by atoms with van der Waals surface area (Å²) in [5.74, 6) is -0.0542. The standard InChI is InChI=1S/C9H7NO2/c10-7-6-9(11)12-8-4-2-1-3-5-8/h1-5H,6H2. The van der Waals surface area contributed by atoms with Crippen LogP contribution in [-0.2, 0) is 4.79 Å². The van der Waals surface area contributed by atoms with Crippen LogP contribution in [0.1, 0.15) is 6.42 Å². The van der Waals surface area contributed by atoms with E-state index in [0.29, 0.717) is 5.75 Å². The topological polar surface area (TPSA) is 50.1 Å². The zero-order chi connectivity index (χ0) is 8.81. The third-order valence-electron chi connectivity index (χ3n) is 1.20. The summed E-state index contributed by atoms with van der Waals surface area (Å²) in [6.07, 6.45) is -0.213. The highest BCUT2D eigenvalue weighted by Gasteiger charge is 2.01. The van der Waals surface area contributed by atoms with E-state index in [9.17, 15) is 4.79 Å². The van der Waals surface area contributed by atoms with Crippen LogP contribution in [-0.4, -0.2) is 5.97 Å². The summed E-state index contributed by atoms with van der Waals surface area (Å²) in [6, 6.07) is 10.4. The van der Waals surface area contributed by atoms with Gasteiger partial charge in [-0.25, -0.2) is 0 Å². The number of nitriles is 1. The first-order chi connectivity index (χ1) is 5.83. The SMILES string of the molecule is N#CCC(=O)Oc1ccccc1. The van der Waals surface area contributed by atoms with Gasteiger partial charge in [0.1, 0.15) is 12.2 Å². The van der Waals surface area contributed by atoms with Crippen LogP contribution in [0.25, 0.3) is 0 Å². The summed E-state index contributed by atoms with van der Waals surface area (Å²) in [7, 11) is 0. The minimum absolute atomic E-state index is 0.213. The molecule has 0 unspecified atom stereocenters. The monoisotopic (exact) mass is 161 g/mol. The molecule has 0 aliphatic rings. The summed E-state index contributed by atoms with van der Waals surface area (Å²) in [5.41, 5.74) is 0. The molecule has 3 heteroatoms. The largest absolute Gasteiger partial charge is 0.426 e. The smallest absolute Gasteiger partial charge is 0.325 e. The molecule has 0 bridgehead atoms. The number of carbonyl (C=O) groups is 1. The van der Waals surface area contributed by atoms with E-state index in [4.69, 9.17) is 10.00 Å². The molecule has 0 radical (unpaired) electrons. The molecular formula is C9H7NO2. The molecule has 0 aromatic heterocycles. The molecule has 1 rings (SSSR count). The zero-order valence-corrected chi connectivity index (χ0v) is 6.36. The fraction of sp³-hybridized carbons (Fsp3) is 0.111. The lowest BCUT2D eigenvalue weighted by atomic mass is 10.3. The lowest BCUT2D eigenvalue weighted by Crippen LogP contribution is -2.05. The quantitative estimate of drug-likeness (QED) is 0.488. The third kappa shape index (κ3) is 2.43. The van der Waals surface area contributed by atoms with E-state index in [-0.39, 0.29) is 6.42 Å². The molecule has 0 spiro atoms. The molecule has 0 aliphatic carbocycles. The van der Waals surface area contributed by atoms with Crippen molar-refractivity contribution in [1.29, 1.82) is 5.26 Å². The summed E-state index contributed by atoms with van der Waals surface area (Å²) in [5, 5.41) is 8.16. The van der Waals surface area contributed by atoms with E-state index in [1.807, 2.05) is 6.07 Å². The van der Waals surface area contributed by atoms with Gasteiger partial charge in [-0.1, -0.05) is 18.2 Å². The molecule has 0 fully saturated rings. The van der Waals surface area contributed by atoms with E-state index in [0.717, 1.165) is 0 Å². The number of hydrogen-bond acceptors (Lipinski definition) is 3. The van der Waals surface area contributed by atoms with Gasteiger partial charge < -0.3 is 4.74 Å². The summed E-state index contributed by atoms with van der Waals surface area (Å²) < 4.78 is 4.79. The van der Waals surface area contributed by atoms with Crippen LogP contribution in [0.4, 0.5) is 0 Å².